The summed E-state index contributed by atoms with van der Waals surface area (Å²) >= 11 is 0. The molecule has 2 N–H and O–H groups in total. The molecular weight excluding hydrogens is 274 g/mol. The van der Waals surface area contributed by atoms with Crippen molar-refractivity contribution in [1.29, 1.82) is 0 Å². The number of allylic oxidation sites excluding steroid dienone is 1. The van der Waals surface area contributed by atoms with Crippen LogP contribution in [0.2, 0.25) is 0 Å². The first kappa shape index (κ1) is 14.8. The fourth-order valence-corrected chi connectivity index (χ4v) is 2.62. The van der Waals surface area contributed by atoms with Gasteiger partial charge >= 0.3 is 0 Å². The van der Waals surface area contributed by atoms with Crippen molar-refractivity contribution in [3.63, 3.8) is 0 Å². The highest BCUT2D eigenvalue weighted by molar-refractivity contribution is 7.85. The van der Waals surface area contributed by atoms with Gasteiger partial charge in [-0.25, -0.2) is 0 Å². The average Bonchev–Trinajstić information content (AvgIpc) is 2.79. The summed E-state index contributed by atoms with van der Waals surface area (Å²) in [7, 11) is -4.14. The second-order valence-electron chi connectivity index (χ2n) is 4.85. The number of hydrogen-bond acceptors (Lipinski definition) is 2. The summed E-state index contributed by atoms with van der Waals surface area (Å²) in [5.41, 5.74) is 1.79. The van der Waals surface area contributed by atoms with E-state index in [0.29, 0.717) is 0 Å². The summed E-state index contributed by atoms with van der Waals surface area (Å²) in [6.07, 6.45) is 8.78. The first-order valence-corrected chi connectivity index (χ1v) is 8.21. The number of fused-ring (bicyclic) bond motifs is 1. The van der Waals surface area contributed by atoms with Crippen molar-refractivity contribution in [1.82, 2.24) is 4.98 Å². The van der Waals surface area contributed by atoms with Crippen LogP contribution in [0, 0.1) is 0 Å². The Labute approximate surface area is 119 Å². The molecule has 5 heteroatoms. The summed E-state index contributed by atoms with van der Waals surface area (Å²) < 4.78 is 31.2. The minimum Gasteiger partial charge on any atom is -0.355 e. The molecule has 0 saturated heterocycles. The molecule has 0 aliphatic heterocycles. The van der Waals surface area contributed by atoms with Crippen molar-refractivity contribution in [2.24, 2.45) is 0 Å². The summed E-state index contributed by atoms with van der Waals surface area (Å²) in [4.78, 5) is 3.12. The third kappa shape index (κ3) is 3.71. The monoisotopic (exact) mass is 293 g/mol. The van der Waals surface area contributed by atoms with Crippen molar-refractivity contribution >= 4 is 27.1 Å². The highest BCUT2D eigenvalue weighted by Crippen LogP contribution is 2.20. The molecule has 0 bridgehead atoms. The highest BCUT2D eigenvalue weighted by Gasteiger charge is 2.10. The number of rotatable bonds is 6. The maximum Gasteiger partial charge on any atom is 0.294 e. The number of benzene rings is 1. The Morgan fingerprint density at radius 1 is 1.25 bits per heavy atom. The van der Waals surface area contributed by atoms with Crippen molar-refractivity contribution in [2.75, 3.05) is 0 Å². The van der Waals surface area contributed by atoms with E-state index in [1.54, 1.807) is 6.07 Å². The maximum absolute atomic E-state index is 11.1. The minimum atomic E-state index is -4.14. The molecule has 0 aliphatic rings. The molecule has 1 aromatic heterocycles. The van der Waals surface area contributed by atoms with Crippen LogP contribution in [0.3, 0.4) is 0 Å². The van der Waals surface area contributed by atoms with E-state index in [2.05, 4.69) is 18.0 Å². The van der Waals surface area contributed by atoms with E-state index in [4.69, 9.17) is 4.55 Å². The molecule has 20 heavy (non-hydrogen) atoms. The van der Waals surface area contributed by atoms with E-state index in [-0.39, 0.29) is 4.90 Å². The lowest BCUT2D eigenvalue weighted by Crippen LogP contribution is -1.96. The fraction of sp³-hybridized carbons (Fsp3) is 0.333. The van der Waals surface area contributed by atoms with Gasteiger partial charge < -0.3 is 4.98 Å². The average molecular weight is 293 g/mol. The lowest BCUT2D eigenvalue weighted by molar-refractivity contribution is 0.483. The Kier molecular flexibility index (Phi) is 4.62. The van der Waals surface area contributed by atoms with E-state index >= 15 is 0 Å². The third-order valence-electron chi connectivity index (χ3n) is 3.18. The lowest BCUT2D eigenvalue weighted by Gasteiger charge is -1.95. The van der Waals surface area contributed by atoms with Gasteiger partial charge in [-0.05, 0) is 43.2 Å². The fourth-order valence-electron chi connectivity index (χ4n) is 2.11. The van der Waals surface area contributed by atoms with Gasteiger partial charge in [0.1, 0.15) is 0 Å². The molecule has 0 unspecified atom stereocenters. The van der Waals surface area contributed by atoms with Gasteiger partial charge in [-0.1, -0.05) is 25.8 Å². The SMILES string of the molecule is CCCCCC=Cc1cc2cc(S(=O)(=O)O)ccc2[nH]1. The predicted octanol–water partition coefficient (Wildman–Crippen LogP) is 4.01. The summed E-state index contributed by atoms with van der Waals surface area (Å²) in [5, 5.41) is 0.772. The first-order chi connectivity index (χ1) is 9.50. The van der Waals surface area contributed by atoms with Crippen molar-refractivity contribution in [2.45, 2.75) is 37.5 Å². The predicted molar refractivity (Wildman–Crippen MR) is 81.3 cm³/mol. The van der Waals surface area contributed by atoms with Crippen LogP contribution in [0.4, 0.5) is 0 Å². The molecule has 1 aromatic carbocycles. The normalized spacial score (nSPS) is 12.5. The van der Waals surface area contributed by atoms with Gasteiger partial charge in [-0.3, -0.25) is 4.55 Å². The van der Waals surface area contributed by atoms with Crippen LogP contribution in [0.25, 0.3) is 17.0 Å². The van der Waals surface area contributed by atoms with Crippen LogP contribution in [0.5, 0.6) is 0 Å². The number of unbranched alkanes of at least 4 members (excludes halogenated alkanes) is 3. The molecule has 0 spiro atoms. The van der Waals surface area contributed by atoms with Crippen molar-refractivity contribution in [3.8, 4) is 0 Å². The zero-order valence-electron chi connectivity index (χ0n) is 11.5. The van der Waals surface area contributed by atoms with Gasteiger partial charge in [0.15, 0.2) is 0 Å². The molecule has 108 valence electrons. The zero-order chi connectivity index (χ0) is 14.6. The van der Waals surface area contributed by atoms with Crippen LogP contribution >= 0.6 is 0 Å². The van der Waals surface area contributed by atoms with Crippen molar-refractivity contribution < 1.29 is 13.0 Å². The van der Waals surface area contributed by atoms with Gasteiger partial charge in [0.05, 0.1) is 4.90 Å². The molecular formula is C15H19NO3S. The Balaban J connectivity index is 2.17. The Morgan fingerprint density at radius 3 is 2.75 bits per heavy atom. The summed E-state index contributed by atoms with van der Waals surface area (Å²) in [6.45, 7) is 2.17. The molecule has 0 aliphatic carbocycles. The smallest absolute Gasteiger partial charge is 0.294 e. The van der Waals surface area contributed by atoms with E-state index in [1.807, 2.05) is 12.1 Å². The third-order valence-corrected chi connectivity index (χ3v) is 4.03. The van der Waals surface area contributed by atoms with Crippen LogP contribution in [-0.2, 0) is 10.1 Å². The molecule has 2 aromatic rings. The molecule has 0 amide bonds. The second-order valence-corrected chi connectivity index (χ2v) is 6.27. The number of H-pyrrole nitrogens is 1. The van der Waals surface area contributed by atoms with Gasteiger partial charge in [0.25, 0.3) is 10.1 Å². The van der Waals surface area contributed by atoms with E-state index in [1.165, 1.54) is 31.4 Å². The van der Waals surface area contributed by atoms with Crippen LogP contribution < -0.4 is 0 Å². The second kappa shape index (κ2) is 6.24. The minimum absolute atomic E-state index is 0.0810. The molecule has 0 radical (unpaired) electrons. The van der Waals surface area contributed by atoms with E-state index in [0.717, 1.165) is 23.0 Å². The molecule has 2 rings (SSSR count). The van der Waals surface area contributed by atoms with Gasteiger partial charge in [-0.2, -0.15) is 8.42 Å². The largest absolute Gasteiger partial charge is 0.355 e. The molecule has 4 nitrogen and oxygen atoms in total. The summed E-state index contributed by atoms with van der Waals surface area (Å²) in [5.74, 6) is 0. The topological polar surface area (TPSA) is 70.2 Å². The number of nitrogens with one attached hydrogen (secondary N) is 1. The first-order valence-electron chi connectivity index (χ1n) is 6.77. The quantitative estimate of drug-likeness (QED) is 0.624. The Bertz CT molecular complexity index is 714. The van der Waals surface area contributed by atoms with Crippen LogP contribution in [0.1, 0.15) is 38.3 Å². The maximum atomic E-state index is 11.1. The Morgan fingerprint density at radius 2 is 2.05 bits per heavy atom. The number of aromatic amines is 1. The van der Waals surface area contributed by atoms with Gasteiger partial charge in [-0.15, -0.1) is 0 Å². The van der Waals surface area contributed by atoms with Crippen LogP contribution in [-0.4, -0.2) is 18.0 Å². The molecule has 1 heterocycles. The van der Waals surface area contributed by atoms with E-state index in [9.17, 15) is 8.42 Å². The zero-order valence-corrected chi connectivity index (χ0v) is 12.3. The molecule has 0 fully saturated rings. The summed E-state index contributed by atoms with van der Waals surface area (Å²) in [6, 6.07) is 6.39. The number of aromatic nitrogens is 1. The van der Waals surface area contributed by atoms with Crippen LogP contribution in [0.15, 0.2) is 35.2 Å². The standard InChI is InChI=1S/C15H19NO3S/c1-2-3-4-5-6-7-13-10-12-11-14(20(17,18)19)8-9-15(12)16-13/h6-11,16H,2-5H2,1H3,(H,17,18,19). The van der Waals surface area contributed by atoms with Gasteiger partial charge in [0, 0.05) is 16.6 Å². The molecule has 0 saturated carbocycles. The lowest BCUT2D eigenvalue weighted by atomic mass is 10.2. The molecule has 0 atom stereocenters. The highest BCUT2D eigenvalue weighted by atomic mass is 32.2. The van der Waals surface area contributed by atoms with Crippen molar-refractivity contribution in [3.05, 3.63) is 36.0 Å². The van der Waals surface area contributed by atoms with Gasteiger partial charge in [0.2, 0.25) is 0 Å². The Hall–Kier alpha value is -1.59. The number of hydrogen-bond donors (Lipinski definition) is 2. The van der Waals surface area contributed by atoms with E-state index < -0.39 is 10.1 Å².